The van der Waals surface area contributed by atoms with E-state index in [0.717, 1.165) is 12.0 Å². The molecule has 0 bridgehead atoms. The van der Waals surface area contributed by atoms with Crippen LogP contribution in [0.25, 0.3) is 0 Å². The Hall–Kier alpha value is -0.0800. The normalized spacial score (nSPS) is 26.3. The largest absolute Gasteiger partial charge is 0.330 e. The molecule has 0 atom stereocenters. The molecule has 1 aliphatic carbocycles. The van der Waals surface area contributed by atoms with E-state index >= 15 is 0 Å². The lowest BCUT2D eigenvalue weighted by Crippen LogP contribution is -2.46. The fourth-order valence-electron chi connectivity index (χ4n) is 3.66. The zero-order valence-electron chi connectivity index (χ0n) is 11.8. The summed E-state index contributed by atoms with van der Waals surface area (Å²) in [5.74, 6) is 0. The Morgan fingerprint density at radius 3 is 2.12 bits per heavy atom. The second-order valence-electron chi connectivity index (χ2n) is 7.21. The Bertz CT molecular complexity index is 231. The lowest BCUT2D eigenvalue weighted by Gasteiger charge is -2.45. The maximum Gasteiger partial charge on any atom is 0.00448 e. The van der Waals surface area contributed by atoms with Gasteiger partial charge in [0.25, 0.3) is 0 Å². The van der Waals surface area contributed by atoms with Crippen molar-refractivity contribution < 1.29 is 0 Å². The van der Waals surface area contributed by atoms with Crippen molar-refractivity contribution in [2.24, 2.45) is 16.6 Å². The van der Waals surface area contributed by atoms with Crippen LogP contribution in [0.2, 0.25) is 0 Å². The first-order chi connectivity index (χ1) is 8.05. The van der Waals surface area contributed by atoms with Gasteiger partial charge in [0.2, 0.25) is 0 Å². The van der Waals surface area contributed by atoms with E-state index in [1.807, 2.05) is 0 Å². The van der Waals surface area contributed by atoms with E-state index in [1.165, 1.54) is 64.6 Å². The summed E-state index contributed by atoms with van der Waals surface area (Å²) in [6.07, 6.45) is 10.3. The van der Waals surface area contributed by atoms with E-state index in [1.54, 1.807) is 0 Å². The van der Waals surface area contributed by atoms with E-state index in [-0.39, 0.29) is 5.41 Å². The van der Waals surface area contributed by atoms with Crippen molar-refractivity contribution >= 4 is 0 Å². The molecule has 1 saturated heterocycles. The van der Waals surface area contributed by atoms with Crippen molar-refractivity contribution in [3.05, 3.63) is 0 Å². The molecule has 0 radical (unpaired) electrons. The van der Waals surface area contributed by atoms with Crippen LogP contribution in [-0.4, -0.2) is 31.1 Å². The van der Waals surface area contributed by atoms with Crippen LogP contribution in [0.1, 0.15) is 58.8 Å². The molecule has 1 spiro atoms. The summed E-state index contributed by atoms with van der Waals surface area (Å²) < 4.78 is 0. The SMILES string of the molecule is CC(C)(CN)CN1CCC2(CCCCC2)CC1. The highest BCUT2D eigenvalue weighted by atomic mass is 15.1. The number of nitrogens with two attached hydrogens (primary N) is 1. The minimum atomic E-state index is 0.289. The Labute approximate surface area is 107 Å². The highest BCUT2D eigenvalue weighted by Gasteiger charge is 2.36. The fourth-order valence-corrected chi connectivity index (χ4v) is 3.66. The summed E-state index contributed by atoms with van der Waals surface area (Å²) in [7, 11) is 0. The van der Waals surface area contributed by atoms with Crippen LogP contribution in [0.4, 0.5) is 0 Å². The minimum absolute atomic E-state index is 0.289. The summed E-state index contributed by atoms with van der Waals surface area (Å²) in [4.78, 5) is 2.65. The maximum absolute atomic E-state index is 5.83. The average Bonchev–Trinajstić information content (AvgIpc) is 2.34. The van der Waals surface area contributed by atoms with Gasteiger partial charge in [-0.1, -0.05) is 33.1 Å². The molecular formula is C15H30N2. The Morgan fingerprint density at radius 1 is 1.00 bits per heavy atom. The summed E-state index contributed by atoms with van der Waals surface area (Å²) in [6, 6.07) is 0. The van der Waals surface area contributed by atoms with Crippen LogP contribution < -0.4 is 5.73 Å². The van der Waals surface area contributed by atoms with Crippen LogP contribution in [0.3, 0.4) is 0 Å². The van der Waals surface area contributed by atoms with Gasteiger partial charge >= 0.3 is 0 Å². The fraction of sp³-hybridized carbons (Fsp3) is 1.00. The maximum atomic E-state index is 5.83. The van der Waals surface area contributed by atoms with E-state index in [2.05, 4.69) is 18.7 Å². The summed E-state index contributed by atoms with van der Waals surface area (Å²) in [5, 5.41) is 0. The quantitative estimate of drug-likeness (QED) is 0.819. The zero-order valence-corrected chi connectivity index (χ0v) is 11.8. The predicted molar refractivity (Wildman–Crippen MR) is 74.0 cm³/mol. The molecule has 0 aromatic carbocycles. The molecule has 2 rings (SSSR count). The molecule has 2 N–H and O–H groups in total. The van der Waals surface area contributed by atoms with Crippen molar-refractivity contribution in [3.8, 4) is 0 Å². The van der Waals surface area contributed by atoms with Crippen LogP contribution in [0.5, 0.6) is 0 Å². The topological polar surface area (TPSA) is 29.3 Å². The average molecular weight is 238 g/mol. The van der Waals surface area contributed by atoms with Gasteiger partial charge in [0.05, 0.1) is 0 Å². The number of likely N-dealkylation sites (tertiary alicyclic amines) is 1. The highest BCUT2D eigenvalue weighted by molar-refractivity contribution is 4.89. The Kier molecular flexibility index (Phi) is 4.14. The van der Waals surface area contributed by atoms with Crippen LogP contribution >= 0.6 is 0 Å². The lowest BCUT2D eigenvalue weighted by atomic mass is 9.68. The van der Waals surface area contributed by atoms with Gasteiger partial charge < -0.3 is 10.6 Å². The molecule has 0 aromatic rings. The molecule has 2 nitrogen and oxygen atoms in total. The first-order valence-electron chi connectivity index (χ1n) is 7.48. The number of nitrogens with zero attached hydrogens (tertiary/aromatic N) is 1. The third-order valence-electron chi connectivity index (χ3n) is 5.04. The van der Waals surface area contributed by atoms with E-state index < -0.39 is 0 Å². The zero-order chi connectivity index (χ0) is 12.4. The molecule has 17 heavy (non-hydrogen) atoms. The molecule has 0 amide bonds. The van der Waals surface area contributed by atoms with Crippen molar-refractivity contribution in [1.29, 1.82) is 0 Å². The molecular weight excluding hydrogens is 208 g/mol. The molecule has 0 unspecified atom stereocenters. The Balaban J connectivity index is 1.81. The smallest absolute Gasteiger partial charge is 0.00448 e. The van der Waals surface area contributed by atoms with Crippen molar-refractivity contribution in [2.45, 2.75) is 58.8 Å². The van der Waals surface area contributed by atoms with Gasteiger partial charge in [-0.3, -0.25) is 0 Å². The van der Waals surface area contributed by atoms with Crippen LogP contribution in [0.15, 0.2) is 0 Å². The first-order valence-corrected chi connectivity index (χ1v) is 7.48. The van der Waals surface area contributed by atoms with Crippen molar-refractivity contribution in [2.75, 3.05) is 26.2 Å². The van der Waals surface area contributed by atoms with Gasteiger partial charge in [0, 0.05) is 6.54 Å². The van der Waals surface area contributed by atoms with Gasteiger partial charge in [0.15, 0.2) is 0 Å². The van der Waals surface area contributed by atoms with E-state index in [9.17, 15) is 0 Å². The molecule has 2 heteroatoms. The number of hydrogen-bond acceptors (Lipinski definition) is 2. The number of piperidine rings is 1. The van der Waals surface area contributed by atoms with Crippen LogP contribution in [-0.2, 0) is 0 Å². The first kappa shape index (κ1) is 13.4. The third kappa shape index (κ3) is 3.45. The minimum Gasteiger partial charge on any atom is -0.330 e. The van der Waals surface area contributed by atoms with Crippen molar-refractivity contribution in [3.63, 3.8) is 0 Å². The molecule has 1 heterocycles. The molecule has 2 aliphatic rings. The van der Waals surface area contributed by atoms with E-state index in [4.69, 9.17) is 5.73 Å². The van der Waals surface area contributed by atoms with Gasteiger partial charge in [-0.2, -0.15) is 0 Å². The standard InChI is InChI=1S/C15H30N2/c1-14(2,12-16)13-17-10-8-15(9-11-17)6-4-3-5-7-15/h3-13,16H2,1-2H3. The summed E-state index contributed by atoms with van der Waals surface area (Å²) in [6.45, 7) is 9.18. The van der Waals surface area contributed by atoms with E-state index in [0.29, 0.717) is 0 Å². The molecule has 1 saturated carbocycles. The third-order valence-corrected chi connectivity index (χ3v) is 5.04. The van der Waals surface area contributed by atoms with Gasteiger partial charge in [-0.15, -0.1) is 0 Å². The van der Waals surface area contributed by atoms with Gasteiger partial charge in [-0.05, 0) is 56.1 Å². The summed E-state index contributed by atoms with van der Waals surface area (Å²) >= 11 is 0. The second-order valence-corrected chi connectivity index (χ2v) is 7.21. The molecule has 100 valence electrons. The molecule has 2 fully saturated rings. The van der Waals surface area contributed by atoms with Crippen molar-refractivity contribution in [1.82, 2.24) is 4.90 Å². The second kappa shape index (κ2) is 5.27. The number of hydrogen-bond donors (Lipinski definition) is 1. The monoisotopic (exact) mass is 238 g/mol. The molecule has 1 aliphatic heterocycles. The Morgan fingerprint density at radius 2 is 1.59 bits per heavy atom. The highest BCUT2D eigenvalue weighted by Crippen LogP contribution is 2.44. The molecule has 0 aromatic heterocycles. The van der Waals surface area contributed by atoms with Crippen LogP contribution in [0, 0.1) is 10.8 Å². The van der Waals surface area contributed by atoms with Gasteiger partial charge in [0.1, 0.15) is 0 Å². The number of rotatable bonds is 3. The lowest BCUT2D eigenvalue weighted by molar-refractivity contribution is 0.0499. The summed E-state index contributed by atoms with van der Waals surface area (Å²) in [5.41, 5.74) is 6.86. The van der Waals surface area contributed by atoms with Gasteiger partial charge in [-0.25, -0.2) is 0 Å². The predicted octanol–water partition coefficient (Wildman–Crippen LogP) is 3.02.